The molecule has 4 fully saturated rings. The number of ether oxygens (including phenoxy) is 3. The Balaban J connectivity index is 1.39. The number of hydrogen-bond acceptors (Lipinski definition) is 8. The molecule has 0 bridgehead atoms. The number of carbonyl (C=O) groups excluding carboxylic acids is 1. The van der Waals surface area contributed by atoms with Gasteiger partial charge in [-0.2, -0.15) is 0 Å². The summed E-state index contributed by atoms with van der Waals surface area (Å²) in [4.78, 5) is 25.1. The van der Waals surface area contributed by atoms with E-state index in [1.165, 1.54) is 12.5 Å². The van der Waals surface area contributed by atoms with Crippen LogP contribution in [-0.2, 0) is 23.8 Å². The first kappa shape index (κ1) is 35.5. The first-order chi connectivity index (χ1) is 21.5. The average Bonchev–Trinajstić information content (AvgIpc) is 3.32. The summed E-state index contributed by atoms with van der Waals surface area (Å²) in [5.41, 5.74) is 2.34. The molecule has 3 saturated carbocycles. The topological polar surface area (TPSA) is 143 Å². The second kappa shape index (κ2) is 13.3. The monoisotopic (exact) mass is 646 g/mol. The van der Waals surface area contributed by atoms with Crippen LogP contribution in [0, 0.1) is 52.3 Å². The third-order valence-corrected chi connectivity index (χ3v) is 13.4. The predicted octanol–water partition coefficient (Wildman–Crippen LogP) is 5.26. The Morgan fingerprint density at radius 3 is 2.35 bits per heavy atom. The second-order valence-corrected chi connectivity index (χ2v) is 16.2. The zero-order valence-corrected chi connectivity index (χ0v) is 28.9. The average molecular weight is 647 g/mol. The fraction of sp³-hybridized carbons (Fsp3) is 0.838. The van der Waals surface area contributed by atoms with Crippen molar-refractivity contribution in [3.05, 3.63) is 23.8 Å². The number of carboxylic acids is 1. The zero-order valence-electron chi connectivity index (χ0n) is 28.9. The van der Waals surface area contributed by atoms with Crippen LogP contribution in [-0.4, -0.2) is 75.3 Å². The summed E-state index contributed by atoms with van der Waals surface area (Å²) in [5, 5.41) is 41.7. The van der Waals surface area contributed by atoms with Gasteiger partial charge in [0.1, 0.15) is 30.5 Å². The molecule has 9 nitrogen and oxygen atoms in total. The Kier molecular flexibility index (Phi) is 10.2. The van der Waals surface area contributed by atoms with Crippen LogP contribution >= 0.6 is 0 Å². The van der Waals surface area contributed by atoms with Crippen LogP contribution in [0.15, 0.2) is 23.8 Å². The van der Waals surface area contributed by atoms with Crippen molar-refractivity contribution in [1.29, 1.82) is 0 Å². The van der Waals surface area contributed by atoms with Gasteiger partial charge in [-0.25, -0.2) is 0 Å². The van der Waals surface area contributed by atoms with Crippen LogP contribution in [0.25, 0.3) is 0 Å². The van der Waals surface area contributed by atoms with Crippen molar-refractivity contribution in [2.24, 2.45) is 52.3 Å². The van der Waals surface area contributed by atoms with E-state index in [0.29, 0.717) is 30.6 Å². The molecule has 0 aromatic heterocycles. The largest absolute Gasteiger partial charge is 0.481 e. The molecule has 5 aliphatic rings. The van der Waals surface area contributed by atoms with Crippen molar-refractivity contribution < 1.29 is 44.2 Å². The fourth-order valence-corrected chi connectivity index (χ4v) is 10.6. The standard InChI is InChI=1S/C37H58O9/c1-18(2)19(3)9-10-24(34(42)43)27-14-13-26-23-11-12-25-20(4)33(46-35-32(41)31(40)30(39)21(5)44-35)29(45-22(6)38)17-37(25,8)28(23)15-16-36(26,27)7/h11,18,20-21,24-33,35,39-41H,3,9-10,12-17H2,1-2,4-8H3,(H,42,43)/t20-,21-,24+,25?,26-,27+,28-,29+,30-,31+,32-,33+,35-,36-,37-/m0/s1. The molecule has 0 amide bonds. The van der Waals surface area contributed by atoms with Gasteiger partial charge in [0.15, 0.2) is 6.29 Å². The second-order valence-electron chi connectivity index (χ2n) is 16.2. The van der Waals surface area contributed by atoms with E-state index in [9.17, 15) is 30.0 Å². The molecule has 1 saturated heterocycles. The number of aliphatic hydroxyl groups is 3. The van der Waals surface area contributed by atoms with Gasteiger partial charge in [-0.1, -0.05) is 58.4 Å². The van der Waals surface area contributed by atoms with Gasteiger partial charge < -0.3 is 34.6 Å². The van der Waals surface area contributed by atoms with Gasteiger partial charge in [-0.3, -0.25) is 9.59 Å². The Morgan fingerprint density at radius 2 is 1.72 bits per heavy atom. The van der Waals surface area contributed by atoms with Crippen molar-refractivity contribution in [3.8, 4) is 0 Å². The van der Waals surface area contributed by atoms with Gasteiger partial charge >= 0.3 is 11.9 Å². The molecule has 46 heavy (non-hydrogen) atoms. The lowest BCUT2D eigenvalue weighted by Crippen LogP contribution is -2.62. The van der Waals surface area contributed by atoms with Gasteiger partial charge in [-0.15, -0.1) is 0 Å². The molecule has 5 rings (SSSR count). The number of aliphatic carboxylic acids is 1. The third kappa shape index (κ3) is 6.13. The van der Waals surface area contributed by atoms with Gasteiger partial charge in [-0.05, 0) is 105 Å². The van der Waals surface area contributed by atoms with Crippen molar-refractivity contribution in [1.82, 2.24) is 0 Å². The number of allylic oxidation sites excluding steroid dienone is 3. The molecular weight excluding hydrogens is 588 g/mol. The maximum absolute atomic E-state index is 12.7. The van der Waals surface area contributed by atoms with Crippen molar-refractivity contribution >= 4 is 11.9 Å². The molecule has 1 unspecified atom stereocenters. The summed E-state index contributed by atoms with van der Waals surface area (Å²) < 4.78 is 18.1. The quantitative estimate of drug-likeness (QED) is 0.195. The highest BCUT2D eigenvalue weighted by Crippen LogP contribution is 2.68. The number of carboxylic acid groups (broad SMARTS) is 1. The van der Waals surface area contributed by atoms with Gasteiger partial charge in [0.05, 0.1) is 12.0 Å². The molecule has 0 radical (unpaired) electrons. The van der Waals surface area contributed by atoms with E-state index in [1.807, 2.05) is 0 Å². The molecule has 4 aliphatic carbocycles. The molecule has 1 aliphatic heterocycles. The first-order valence-electron chi connectivity index (χ1n) is 17.6. The first-order valence-corrected chi connectivity index (χ1v) is 17.6. The van der Waals surface area contributed by atoms with Crippen LogP contribution < -0.4 is 0 Å². The lowest BCUT2D eigenvalue weighted by Gasteiger charge is -2.61. The molecular formula is C37H58O9. The van der Waals surface area contributed by atoms with Crippen LogP contribution in [0.3, 0.4) is 0 Å². The number of hydrogen-bond donors (Lipinski definition) is 4. The summed E-state index contributed by atoms with van der Waals surface area (Å²) in [6.07, 6.45) is 1.99. The fourth-order valence-electron chi connectivity index (χ4n) is 10.6. The Morgan fingerprint density at radius 1 is 1.04 bits per heavy atom. The zero-order chi connectivity index (χ0) is 33.9. The van der Waals surface area contributed by atoms with Crippen LogP contribution in [0.2, 0.25) is 0 Å². The van der Waals surface area contributed by atoms with E-state index >= 15 is 0 Å². The minimum atomic E-state index is -1.44. The van der Waals surface area contributed by atoms with Gasteiger partial charge in [0, 0.05) is 6.92 Å². The van der Waals surface area contributed by atoms with Crippen molar-refractivity contribution in [2.45, 2.75) is 143 Å². The Bertz CT molecular complexity index is 1200. The molecule has 0 spiro atoms. The SMILES string of the molecule is C=C(CC[C@@H](C(=O)O)[C@H]1CC[C@H]2C3=CCC4[C@H](C)[C@@H](O[C@@H]5O[C@@H](C)[C@H](O)[C@@H](O)[C@@H]5O)[C@H](OC(C)=O)C[C@]4(C)[C@H]3CC[C@]12C)C(C)C. The molecule has 0 aromatic carbocycles. The van der Waals surface area contributed by atoms with Crippen molar-refractivity contribution in [2.75, 3.05) is 0 Å². The number of carbonyl (C=O) groups is 2. The summed E-state index contributed by atoms with van der Waals surface area (Å²) in [7, 11) is 0. The summed E-state index contributed by atoms with van der Waals surface area (Å²) in [6.45, 7) is 18.3. The highest BCUT2D eigenvalue weighted by atomic mass is 16.7. The van der Waals surface area contributed by atoms with E-state index in [4.69, 9.17) is 14.2 Å². The molecule has 15 atom stereocenters. The minimum Gasteiger partial charge on any atom is -0.481 e. The van der Waals surface area contributed by atoms with Crippen molar-refractivity contribution in [3.63, 3.8) is 0 Å². The molecule has 0 aromatic rings. The lowest BCUT2D eigenvalue weighted by atomic mass is 9.45. The molecule has 1 heterocycles. The third-order valence-electron chi connectivity index (χ3n) is 13.4. The number of esters is 1. The van der Waals surface area contributed by atoms with Crippen LogP contribution in [0.1, 0.15) is 99.8 Å². The van der Waals surface area contributed by atoms with Gasteiger partial charge in [0.25, 0.3) is 0 Å². The number of fused-ring (bicyclic) bond motifs is 5. The lowest BCUT2D eigenvalue weighted by molar-refractivity contribution is -0.323. The molecule has 4 N–H and O–H groups in total. The summed E-state index contributed by atoms with van der Waals surface area (Å²) in [6, 6.07) is 0. The van der Waals surface area contributed by atoms with Crippen LogP contribution in [0.4, 0.5) is 0 Å². The Labute approximate surface area is 274 Å². The predicted molar refractivity (Wildman–Crippen MR) is 172 cm³/mol. The van der Waals surface area contributed by atoms with E-state index in [1.54, 1.807) is 6.92 Å². The maximum atomic E-state index is 12.7. The van der Waals surface area contributed by atoms with Crippen LogP contribution in [0.5, 0.6) is 0 Å². The van der Waals surface area contributed by atoms with Gasteiger partial charge in [0.2, 0.25) is 0 Å². The molecule has 9 heteroatoms. The van der Waals surface area contributed by atoms with E-state index < -0.39 is 54.9 Å². The van der Waals surface area contributed by atoms with E-state index in [-0.39, 0.29) is 34.5 Å². The minimum absolute atomic E-state index is 0.0499. The molecule has 260 valence electrons. The Hall–Kier alpha value is -1.78. The number of rotatable bonds is 9. The summed E-state index contributed by atoms with van der Waals surface area (Å²) in [5.74, 6) is -0.193. The van der Waals surface area contributed by atoms with E-state index in [2.05, 4.69) is 47.3 Å². The summed E-state index contributed by atoms with van der Waals surface area (Å²) >= 11 is 0. The van der Waals surface area contributed by atoms with E-state index in [0.717, 1.165) is 44.1 Å². The highest BCUT2D eigenvalue weighted by molar-refractivity contribution is 5.70. The number of aliphatic hydroxyl groups excluding tert-OH is 3. The maximum Gasteiger partial charge on any atom is 0.306 e. The normalized spacial score (nSPS) is 46.0. The smallest absolute Gasteiger partial charge is 0.306 e. The highest BCUT2D eigenvalue weighted by Gasteiger charge is 2.62.